The summed E-state index contributed by atoms with van der Waals surface area (Å²) in [5, 5.41) is 13.9. The summed E-state index contributed by atoms with van der Waals surface area (Å²) < 4.78 is 97.1. The van der Waals surface area contributed by atoms with Crippen LogP contribution in [0.25, 0.3) is 0 Å². The Morgan fingerprint density at radius 2 is 1.80 bits per heavy atom. The molecule has 0 atom stereocenters. The Bertz CT molecular complexity index is 1170. The van der Waals surface area contributed by atoms with Gasteiger partial charge in [-0.1, -0.05) is 17.7 Å². The monoisotopic (exact) mass is 524 g/mol. The summed E-state index contributed by atoms with van der Waals surface area (Å²) in [6, 6.07) is 4.94. The Hall–Kier alpha value is -3.35. The van der Waals surface area contributed by atoms with Gasteiger partial charge >= 0.3 is 12.2 Å². The fourth-order valence-electron chi connectivity index (χ4n) is 3.20. The van der Waals surface area contributed by atoms with E-state index in [1.165, 1.54) is 0 Å². The third kappa shape index (κ3) is 6.21. The first-order chi connectivity index (χ1) is 16.2. The summed E-state index contributed by atoms with van der Waals surface area (Å²) in [5.74, 6) is -8.30. The molecule has 0 spiro atoms. The minimum Gasteiger partial charge on any atom is -0.416 e. The Morgan fingerprint density at radius 3 is 2.34 bits per heavy atom. The number of urea groups is 1. The maximum absolute atomic E-state index is 14.8. The SMILES string of the molecule is N=C(OC(=N)C(F)(F)F)c1ccc(CN(C(=O)N2CCC(F)(F)C2)c2ccc(F)c(Cl)c2)c(F)c1. The Labute approximate surface area is 198 Å². The molecule has 0 aromatic heterocycles. The molecule has 2 N–H and O–H groups in total. The predicted octanol–water partition coefficient (Wildman–Crippen LogP) is 5.97. The molecule has 1 aliphatic heterocycles. The topological polar surface area (TPSA) is 80.5 Å². The minimum atomic E-state index is -5.14. The van der Waals surface area contributed by atoms with Crippen LogP contribution in [-0.4, -0.2) is 47.9 Å². The average molecular weight is 525 g/mol. The number of hydrogen-bond donors (Lipinski definition) is 2. The van der Waals surface area contributed by atoms with E-state index in [2.05, 4.69) is 4.74 Å². The first-order valence-corrected chi connectivity index (χ1v) is 10.2. The van der Waals surface area contributed by atoms with Crippen LogP contribution in [-0.2, 0) is 11.3 Å². The normalized spacial score (nSPS) is 15.1. The van der Waals surface area contributed by atoms with Crippen LogP contribution in [0.1, 0.15) is 17.5 Å². The lowest BCUT2D eigenvalue weighted by molar-refractivity contribution is -0.0728. The van der Waals surface area contributed by atoms with Crippen molar-refractivity contribution < 1.29 is 40.3 Å². The predicted molar refractivity (Wildman–Crippen MR) is 112 cm³/mol. The second kappa shape index (κ2) is 9.72. The van der Waals surface area contributed by atoms with Crippen molar-refractivity contribution in [1.82, 2.24) is 4.90 Å². The van der Waals surface area contributed by atoms with Crippen LogP contribution in [0, 0.1) is 22.5 Å². The van der Waals surface area contributed by atoms with Gasteiger partial charge in [0.1, 0.15) is 11.6 Å². The number of nitrogens with one attached hydrogen (secondary N) is 2. The molecule has 2 aromatic rings. The number of hydrogen-bond acceptors (Lipinski definition) is 4. The van der Waals surface area contributed by atoms with E-state index in [1.54, 1.807) is 0 Å². The highest BCUT2D eigenvalue weighted by molar-refractivity contribution is 6.31. The highest BCUT2D eigenvalue weighted by Gasteiger charge is 2.42. The summed E-state index contributed by atoms with van der Waals surface area (Å²) in [6.45, 7) is -1.70. The number of amides is 2. The molecule has 0 unspecified atom stereocenters. The zero-order valence-corrected chi connectivity index (χ0v) is 18.3. The molecule has 1 saturated heterocycles. The number of benzene rings is 2. The molecule has 2 amide bonds. The van der Waals surface area contributed by atoms with Crippen molar-refractivity contribution in [2.45, 2.75) is 25.1 Å². The van der Waals surface area contributed by atoms with Gasteiger partial charge in [0.25, 0.3) is 11.8 Å². The lowest BCUT2D eigenvalue weighted by Gasteiger charge is -2.28. The van der Waals surface area contributed by atoms with Crippen LogP contribution in [0.4, 0.5) is 41.2 Å². The quantitative estimate of drug-likeness (QED) is 0.294. The van der Waals surface area contributed by atoms with E-state index in [0.29, 0.717) is 6.07 Å². The van der Waals surface area contributed by atoms with E-state index in [-0.39, 0.29) is 22.8 Å². The smallest absolute Gasteiger partial charge is 0.416 e. The van der Waals surface area contributed by atoms with Gasteiger partial charge in [0.05, 0.1) is 18.1 Å². The molecule has 3 rings (SSSR count). The minimum absolute atomic E-state index is 0.0187. The molecule has 0 bridgehead atoms. The third-order valence-electron chi connectivity index (χ3n) is 4.99. The number of rotatable bonds is 4. The Morgan fingerprint density at radius 1 is 1.11 bits per heavy atom. The fraction of sp³-hybridized carbons (Fsp3) is 0.286. The van der Waals surface area contributed by atoms with Crippen molar-refractivity contribution in [3.05, 3.63) is 64.2 Å². The maximum Gasteiger partial charge on any atom is 0.468 e. The number of likely N-dealkylation sites (tertiary alicyclic amines) is 1. The summed E-state index contributed by atoms with van der Waals surface area (Å²) in [6.07, 6.45) is -5.72. The summed E-state index contributed by atoms with van der Waals surface area (Å²) in [7, 11) is 0. The second-order valence-electron chi connectivity index (χ2n) is 7.56. The van der Waals surface area contributed by atoms with E-state index >= 15 is 0 Å². The number of carbonyl (C=O) groups is 1. The standard InChI is InChI=1S/C21H16ClF7N4O2/c22-14-8-13(3-4-15(14)23)33(19(34)32-6-5-20(25,26)10-32)9-12-2-1-11(7-16(12)24)17(30)35-18(31)21(27,28)29/h1-4,7-8,30-31H,5-6,9-10H2. The van der Waals surface area contributed by atoms with Crippen molar-refractivity contribution in [3.8, 4) is 0 Å². The van der Waals surface area contributed by atoms with Gasteiger partial charge in [0.2, 0.25) is 5.90 Å². The van der Waals surface area contributed by atoms with Crippen molar-refractivity contribution in [2.75, 3.05) is 18.0 Å². The largest absolute Gasteiger partial charge is 0.468 e. The number of nitrogens with zero attached hydrogens (tertiary/aromatic N) is 2. The van der Waals surface area contributed by atoms with E-state index in [1.807, 2.05) is 0 Å². The first kappa shape index (κ1) is 26.3. The number of ether oxygens (including phenoxy) is 1. The molecular weight excluding hydrogens is 509 g/mol. The van der Waals surface area contributed by atoms with Gasteiger partial charge in [0.15, 0.2) is 0 Å². The third-order valence-corrected chi connectivity index (χ3v) is 5.28. The molecule has 1 aliphatic rings. The molecule has 2 aromatic carbocycles. The number of carbonyl (C=O) groups excluding carboxylic acids is 1. The Kier molecular flexibility index (Phi) is 7.29. The first-order valence-electron chi connectivity index (χ1n) is 9.78. The van der Waals surface area contributed by atoms with Gasteiger partial charge < -0.3 is 9.64 Å². The molecule has 0 radical (unpaired) electrons. The molecule has 1 fully saturated rings. The molecular formula is C21H16ClF7N4O2. The average Bonchev–Trinajstić information content (AvgIpc) is 3.13. The van der Waals surface area contributed by atoms with E-state index < -0.39 is 66.6 Å². The van der Waals surface area contributed by atoms with Crippen LogP contribution >= 0.6 is 11.6 Å². The number of halogens is 8. The second-order valence-corrected chi connectivity index (χ2v) is 7.97. The molecule has 0 saturated carbocycles. The van der Waals surface area contributed by atoms with Crippen molar-refractivity contribution >= 4 is 35.1 Å². The van der Waals surface area contributed by atoms with Crippen LogP contribution in [0.15, 0.2) is 36.4 Å². The van der Waals surface area contributed by atoms with Crippen molar-refractivity contribution in [1.29, 1.82) is 10.8 Å². The lowest BCUT2D eigenvalue weighted by Crippen LogP contribution is -2.43. The van der Waals surface area contributed by atoms with Gasteiger partial charge in [-0.15, -0.1) is 0 Å². The van der Waals surface area contributed by atoms with E-state index in [9.17, 15) is 35.5 Å². The molecule has 0 aliphatic carbocycles. The van der Waals surface area contributed by atoms with Crippen molar-refractivity contribution in [2.24, 2.45) is 0 Å². The van der Waals surface area contributed by atoms with Gasteiger partial charge in [-0.2, -0.15) is 13.2 Å². The molecule has 1 heterocycles. The fourth-order valence-corrected chi connectivity index (χ4v) is 3.37. The zero-order chi connectivity index (χ0) is 26.1. The molecule has 188 valence electrons. The van der Waals surface area contributed by atoms with Crippen LogP contribution in [0.3, 0.4) is 0 Å². The van der Waals surface area contributed by atoms with Crippen molar-refractivity contribution in [3.63, 3.8) is 0 Å². The van der Waals surface area contributed by atoms with Gasteiger partial charge in [0, 0.05) is 29.8 Å². The summed E-state index contributed by atoms with van der Waals surface area (Å²) >= 11 is 5.78. The Balaban J connectivity index is 1.88. The molecule has 14 heteroatoms. The van der Waals surface area contributed by atoms with Crippen LogP contribution in [0.5, 0.6) is 0 Å². The van der Waals surface area contributed by atoms with E-state index in [4.69, 9.17) is 22.4 Å². The van der Waals surface area contributed by atoms with Crippen LogP contribution in [0.2, 0.25) is 5.02 Å². The highest BCUT2D eigenvalue weighted by atomic mass is 35.5. The zero-order valence-electron chi connectivity index (χ0n) is 17.5. The molecule has 6 nitrogen and oxygen atoms in total. The van der Waals surface area contributed by atoms with Gasteiger partial charge in [-0.3, -0.25) is 15.7 Å². The van der Waals surface area contributed by atoms with Gasteiger partial charge in [-0.05, 0) is 30.3 Å². The van der Waals surface area contributed by atoms with Crippen LogP contribution < -0.4 is 4.90 Å². The maximum atomic E-state index is 14.8. The van der Waals surface area contributed by atoms with E-state index in [0.717, 1.165) is 40.1 Å². The lowest BCUT2D eigenvalue weighted by atomic mass is 10.1. The van der Waals surface area contributed by atoms with Gasteiger partial charge in [-0.25, -0.2) is 22.4 Å². The number of alkyl halides is 5. The number of anilines is 1. The summed E-state index contributed by atoms with van der Waals surface area (Å²) in [4.78, 5) is 14.7. The highest BCUT2D eigenvalue weighted by Crippen LogP contribution is 2.31. The summed E-state index contributed by atoms with van der Waals surface area (Å²) in [5.41, 5.74) is -0.649. The molecule has 35 heavy (non-hydrogen) atoms.